The van der Waals surface area contributed by atoms with Crippen molar-refractivity contribution in [3.63, 3.8) is 0 Å². The van der Waals surface area contributed by atoms with Gasteiger partial charge in [-0.25, -0.2) is 0 Å². The number of rotatable bonds is 4. The molecule has 7 nitrogen and oxygen atoms in total. The molecule has 2 aliphatic heterocycles. The fraction of sp³-hybridized carbons (Fsp3) is 1.00. The molecule has 110 valence electrons. The molecule has 2 heterocycles. The molecule has 0 aliphatic carbocycles. The standard InChI is InChI=1S/C12H21NO6/c1-11(2)16-6-8(18-11)9(14)10-7(5-13-15)17-12(3,4)19-10/h7-10,14H,5-6H2,1-4H3. The van der Waals surface area contributed by atoms with Gasteiger partial charge in [-0.1, -0.05) is 5.18 Å². The van der Waals surface area contributed by atoms with Crippen LogP contribution in [0.2, 0.25) is 0 Å². The van der Waals surface area contributed by atoms with Crippen LogP contribution in [-0.2, 0) is 18.9 Å². The van der Waals surface area contributed by atoms with Crippen LogP contribution in [0.15, 0.2) is 5.18 Å². The predicted molar refractivity (Wildman–Crippen MR) is 65.4 cm³/mol. The van der Waals surface area contributed by atoms with Gasteiger partial charge in [0.25, 0.3) is 0 Å². The number of aliphatic hydroxyl groups excluding tert-OH is 1. The summed E-state index contributed by atoms with van der Waals surface area (Å²) in [4.78, 5) is 10.4. The van der Waals surface area contributed by atoms with Gasteiger partial charge in [-0.2, -0.15) is 4.91 Å². The lowest BCUT2D eigenvalue weighted by Crippen LogP contribution is -2.45. The fourth-order valence-electron chi connectivity index (χ4n) is 2.46. The Hall–Kier alpha value is -0.600. The molecule has 0 aromatic heterocycles. The second-order valence-electron chi connectivity index (χ2n) is 5.81. The number of aliphatic hydroxyl groups is 1. The van der Waals surface area contributed by atoms with E-state index in [1.54, 1.807) is 27.7 Å². The zero-order chi connectivity index (χ0) is 14.3. The largest absolute Gasteiger partial charge is 0.387 e. The van der Waals surface area contributed by atoms with Crippen molar-refractivity contribution >= 4 is 0 Å². The van der Waals surface area contributed by atoms with Gasteiger partial charge in [-0.3, -0.25) is 0 Å². The molecule has 2 saturated heterocycles. The van der Waals surface area contributed by atoms with E-state index in [-0.39, 0.29) is 13.2 Å². The van der Waals surface area contributed by atoms with E-state index in [0.29, 0.717) is 0 Å². The molecule has 0 saturated carbocycles. The maximum absolute atomic E-state index is 10.4. The predicted octanol–water partition coefficient (Wildman–Crippen LogP) is 0.785. The van der Waals surface area contributed by atoms with Crippen LogP contribution in [0.3, 0.4) is 0 Å². The average molecular weight is 275 g/mol. The number of nitrogens with zero attached hydrogens (tertiary/aromatic N) is 1. The van der Waals surface area contributed by atoms with Crippen molar-refractivity contribution in [3.05, 3.63) is 4.91 Å². The lowest BCUT2D eigenvalue weighted by molar-refractivity contribution is -0.178. The summed E-state index contributed by atoms with van der Waals surface area (Å²) in [6.07, 6.45) is -2.67. The highest BCUT2D eigenvalue weighted by atomic mass is 16.8. The monoisotopic (exact) mass is 275 g/mol. The van der Waals surface area contributed by atoms with E-state index in [9.17, 15) is 10.0 Å². The van der Waals surface area contributed by atoms with Crippen LogP contribution in [0.25, 0.3) is 0 Å². The first-order valence-corrected chi connectivity index (χ1v) is 6.39. The van der Waals surface area contributed by atoms with Gasteiger partial charge in [0.1, 0.15) is 31.0 Å². The summed E-state index contributed by atoms with van der Waals surface area (Å²) in [5, 5.41) is 13.2. The first-order valence-electron chi connectivity index (χ1n) is 6.39. The Labute approximate surface area is 112 Å². The van der Waals surface area contributed by atoms with Gasteiger partial charge < -0.3 is 24.1 Å². The Morgan fingerprint density at radius 3 is 2.42 bits per heavy atom. The molecule has 7 heteroatoms. The third-order valence-electron chi connectivity index (χ3n) is 3.22. The topological polar surface area (TPSA) is 86.6 Å². The Balaban J connectivity index is 2.05. The molecule has 0 amide bonds. The van der Waals surface area contributed by atoms with E-state index in [1.807, 2.05) is 0 Å². The van der Waals surface area contributed by atoms with E-state index in [2.05, 4.69) is 5.18 Å². The van der Waals surface area contributed by atoms with E-state index < -0.39 is 36.0 Å². The molecule has 4 atom stereocenters. The highest BCUT2D eigenvalue weighted by Crippen LogP contribution is 2.34. The summed E-state index contributed by atoms with van der Waals surface area (Å²) in [5.41, 5.74) is 0. The van der Waals surface area contributed by atoms with Crippen LogP contribution in [0.4, 0.5) is 0 Å². The Morgan fingerprint density at radius 2 is 1.89 bits per heavy atom. The van der Waals surface area contributed by atoms with E-state index in [0.717, 1.165) is 0 Å². The minimum atomic E-state index is -0.935. The maximum atomic E-state index is 10.4. The number of nitroso groups, excluding NO2 is 1. The van der Waals surface area contributed by atoms with Gasteiger partial charge in [-0.15, -0.1) is 0 Å². The molecule has 2 rings (SSSR count). The van der Waals surface area contributed by atoms with Gasteiger partial charge >= 0.3 is 0 Å². The van der Waals surface area contributed by atoms with Crippen LogP contribution in [0.1, 0.15) is 27.7 Å². The van der Waals surface area contributed by atoms with Crippen molar-refractivity contribution in [2.24, 2.45) is 5.18 Å². The Kier molecular flexibility index (Phi) is 3.95. The van der Waals surface area contributed by atoms with Crippen LogP contribution < -0.4 is 0 Å². The lowest BCUT2D eigenvalue weighted by atomic mass is 10.0. The van der Waals surface area contributed by atoms with Crippen molar-refractivity contribution in [2.75, 3.05) is 13.2 Å². The Morgan fingerprint density at radius 1 is 1.21 bits per heavy atom. The zero-order valence-electron chi connectivity index (χ0n) is 11.7. The van der Waals surface area contributed by atoms with Crippen LogP contribution in [-0.4, -0.2) is 54.2 Å². The second-order valence-corrected chi connectivity index (χ2v) is 5.81. The molecule has 2 aliphatic rings. The van der Waals surface area contributed by atoms with Gasteiger partial charge in [0, 0.05) is 0 Å². The van der Waals surface area contributed by atoms with Crippen molar-refractivity contribution in [1.82, 2.24) is 0 Å². The molecule has 0 aromatic carbocycles. The highest BCUT2D eigenvalue weighted by molar-refractivity contribution is 4.93. The van der Waals surface area contributed by atoms with Crippen molar-refractivity contribution in [2.45, 2.75) is 63.7 Å². The molecule has 0 bridgehead atoms. The maximum Gasteiger partial charge on any atom is 0.163 e. The molecular formula is C12H21NO6. The lowest BCUT2D eigenvalue weighted by Gasteiger charge is -2.26. The van der Waals surface area contributed by atoms with Gasteiger partial charge in [0.2, 0.25) is 0 Å². The summed E-state index contributed by atoms with van der Waals surface area (Å²) in [7, 11) is 0. The smallest absolute Gasteiger partial charge is 0.163 e. The van der Waals surface area contributed by atoms with Gasteiger partial charge in [0.15, 0.2) is 11.6 Å². The summed E-state index contributed by atoms with van der Waals surface area (Å²) < 4.78 is 22.2. The van der Waals surface area contributed by atoms with Crippen LogP contribution in [0.5, 0.6) is 0 Å². The summed E-state index contributed by atoms with van der Waals surface area (Å²) >= 11 is 0. The minimum Gasteiger partial charge on any atom is -0.387 e. The summed E-state index contributed by atoms with van der Waals surface area (Å²) in [6, 6.07) is 0. The molecule has 1 N–H and O–H groups in total. The van der Waals surface area contributed by atoms with Gasteiger partial charge in [-0.05, 0) is 27.7 Å². The second kappa shape index (κ2) is 5.06. The SMILES string of the molecule is CC1(C)OCC(C(O)C2OC(C)(C)OC2CN=O)O1. The Bertz CT molecular complexity index is 345. The summed E-state index contributed by atoms with van der Waals surface area (Å²) in [5.74, 6) is -1.57. The number of hydrogen-bond acceptors (Lipinski definition) is 7. The van der Waals surface area contributed by atoms with Crippen LogP contribution in [0, 0.1) is 4.91 Å². The van der Waals surface area contributed by atoms with E-state index >= 15 is 0 Å². The van der Waals surface area contributed by atoms with E-state index in [4.69, 9.17) is 18.9 Å². The van der Waals surface area contributed by atoms with Crippen molar-refractivity contribution < 1.29 is 24.1 Å². The molecule has 19 heavy (non-hydrogen) atoms. The quantitative estimate of drug-likeness (QED) is 0.763. The molecule has 0 radical (unpaired) electrons. The molecule has 2 fully saturated rings. The molecule has 4 unspecified atom stereocenters. The molecule has 0 spiro atoms. The van der Waals surface area contributed by atoms with Crippen molar-refractivity contribution in [3.8, 4) is 0 Å². The van der Waals surface area contributed by atoms with Crippen molar-refractivity contribution in [1.29, 1.82) is 0 Å². The minimum absolute atomic E-state index is 0.0673. The first kappa shape index (κ1) is 14.8. The molecular weight excluding hydrogens is 254 g/mol. The van der Waals surface area contributed by atoms with E-state index in [1.165, 1.54) is 0 Å². The third kappa shape index (κ3) is 3.29. The number of hydrogen-bond donors (Lipinski definition) is 1. The van der Waals surface area contributed by atoms with Crippen LogP contribution >= 0.6 is 0 Å². The fourth-order valence-corrected chi connectivity index (χ4v) is 2.46. The molecule has 0 aromatic rings. The first-order chi connectivity index (χ1) is 8.74. The zero-order valence-corrected chi connectivity index (χ0v) is 11.7. The third-order valence-corrected chi connectivity index (χ3v) is 3.22. The number of ether oxygens (including phenoxy) is 4. The highest BCUT2D eigenvalue weighted by Gasteiger charge is 2.49. The summed E-state index contributed by atoms with van der Waals surface area (Å²) in [6.45, 7) is 7.22. The normalized spacial score (nSPS) is 38.3. The van der Waals surface area contributed by atoms with Gasteiger partial charge in [0.05, 0.1) is 6.61 Å². The average Bonchev–Trinajstić information content (AvgIpc) is 2.78.